The fraction of sp³-hybridized carbons (Fsp3) is 0.130. The van der Waals surface area contributed by atoms with E-state index in [4.69, 9.17) is 11.6 Å². The standard InChI is InChI=1S/C23H16ClF3N2/c24-20-12-6-16(7-13-20)14-21(17-4-2-1-3-5-17)29-22(15-28)18-8-10-19(11-9-18)23(25,26)27/h1-13,21H,14H2/b29-22+/t21-/m1/s1. The molecule has 1 atom stereocenters. The molecule has 0 fully saturated rings. The Morgan fingerprint density at radius 2 is 1.55 bits per heavy atom. The summed E-state index contributed by atoms with van der Waals surface area (Å²) in [5, 5.41) is 10.2. The van der Waals surface area contributed by atoms with Crippen molar-refractivity contribution in [3.8, 4) is 6.07 Å². The summed E-state index contributed by atoms with van der Waals surface area (Å²) in [7, 11) is 0. The average molecular weight is 413 g/mol. The first kappa shape index (κ1) is 20.6. The summed E-state index contributed by atoms with van der Waals surface area (Å²) in [6.45, 7) is 0. The molecule has 0 aliphatic carbocycles. The molecule has 0 aliphatic heterocycles. The van der Waals surface area contributed by atoms with Gasteiger partial charge in [0.1, 0.15) is 11.8 Å². The van der Waals surface area contributed by atoms with Crippen molar-refractivity contribution in [2.24, 2.45) is 4.99 Å². The first-order chi connectivity index (χ1) is 13.9. The lowest BCUT2D eigenvalue weighted by Crippen LogP contribution is -2.08. The maximum absolute atomic E-state index is 12.8. The predicted octanol–water partition coefficient (Wildman–Crippen LogP) is 6.66. The number of hydrogen-bond acceptors (Lipinski definition) is 2. The Kier molecular flexibility index (Phi) is 6.36. The van der Waals surface area contributed by atoms with Gasteiger partial charge in [-0.05, 0) is 41.8 Å². The van der Waals surface area contributed by atoms with E-state index in [1.54, 1.807) is 12.1 Å². The monoisotopic (exact) mass is 412 g/mol. The van der Waals surface area contributed by atoms with Crippen LogP contribution in [0.3, 0.4) is 0 Å². The van der Waals surface area contributed by atoms with Gasteiger partial charge in [0.25, 0.3) is 0 Å². The van der Waals surface area contributed by atoms with Crippen molar-refractivity contribution < 1.29 is 13.2 Å². The second kappa shape index (κ2) is 8.93. The highest BCUT2D eigenvalue weighted by molar-refractivity contribution is 6.30. The molecule has 0 radical (unpaired) electrons. The maximum atomic E-state index is 12.8. The zero-order chi connectivity index (χ0) is 20.9. The first-order valence-electron chi connectivity index (χ1n) is 8.82. The van der Waals surface area contributed by atoms with Gasteiger partial charge < -0.3 is 0 Å². The van der Waals surface area contributed by atoms with Crippen LogP contribution < -0.4 is 0 Å². The highest BCUT2D eigenvalue weighted by atomic mass is 35.5. The van der Waals surface area contributed by atoms with Crippen molar-refractivity contribution in [1.82, 2.24) is 0 Å². The fourth-order valence-corrected chi connectivity index (χ4v) is 3.02. The van der Waals surface area contributed by atoms with Crippen LogP contribution in [0.2, 0.25) is 5.02 Å². The lowest BCUT2D eigenvalue weighted by atomic mass is 9.98. The third-order valence-electron chi connectivity index (χ3n) is 4.40. The number of alkyl halides is 3. The topological polar surface area (TPSA) is 36.1 Å². The van der Waals surface area contributed by atoms with E-state index in [1.807, 2.05) is 48.5 Å². The van der Waals surface area contributed by atoms with Crippen molar-refractivity contribution in [3.05, 3.63) is 106 Å². The molecule has 0 aliphatic rings. The smallest absolute Gasteiger partial charge is 0.265 e. The molecule has 0 heterocycles. The van der Waals surface area contributed by atoms with Crippen LogP contribution in [0, 0.1) is 11.3 Å². The van der Waals surface area contributed by atoms with Gasteiger partial charge in [-0.25, -0.2) is 0 Å². The van der Waals surface area contributed by atoms with Gasteiger partial charge in [0.05, 0.1) is 11.6 Å². The molecule has 0 N–H and O–H groups in total. The van der Waals surface area contributed by atoms with Crippen LogP contribution >= 0.6 is 11.6 Å². The zero-order valence-corrected chi connectivity index (χ0v) is 16.0. The van der Waals surface area contributed by atoms with E-state index < -0.39 is 11.7 Å². The number of benzene rings is 3. The van der Waals surface area contributed by atoms with Crippen LogP contribution in [0.15, 0.2) is 83.9 Å². The molecule has 2 nitrogen and oxygen atoms in total. The van der Waals surface area contributed by atoms with Crippen LogP contribution in [-0.2, 0) is 12.6 Å². The van der Waals surface area contributed by atoms with Crippen molar-refractivity contribution in [2.45, 2.75) is 18.6 Å². The number of halogens is 4. The van der Waals surface area contributed by atoms with Crippen LogP contribution in [0.1, 0.15) is 28.3 Å². The lowest BCUT2D eigenvalue weighted by Gasteiger charge is -2.15. The van der Waals surface area contributed by atoms with E-state index in [-0.39, 0.29) is 11.8 Å². The summed E-state index contributed by atoms with van der Waals surface area (Å²) in [5.41, 5.74) is 1.55. The molecule has 3 aromatic rings. The van der Waals surface area contributed by atoms with Crippen LogP contribution in [0.5, 0.6) is 0 Å². The van der Waals surface area contributed by atoms with Crippen molar-refractivity contribution in [2.75, 3.05) is 0 Å². The fourth-order valence-electron chi connectivity index (χ4n) is 2.90. The second-order valence-electron chi connectivity index (χ2n) is 6.42. The molecule has 146 valence electrons. The minimum atomic E-state index is -4.43. The average Bonchev–Trinajstić information content (AvgIpc) is 2.72. The number of hydrogen-bond donors (Lipinski definition) is 0. The van der Waals surface area contributed by atoms with Crippen LogP contribution in [0.4, 0.5) is 13.2 Å². The minimum Gasteiger partial charge on any atom is -0.265 e. The van der Waals surface area contributed by atoms with E-state index in [0.717, 1.165) is 23.3 Å². The van der Waals surface area contributed by atoms with Gasteiger partial charge in [-0.3, -0.25) is 4.99 Å². The Balaban J connectivity index is 1.96. The van der Waals surface area contributed by atoms with Crippen molar-refractivity contribution in [3.63, 3.8) is 0 Å². The summed E-state index contributed by atoms with van der Waals surface area (Å²) in [6, 6.07) is 22.9. The molecule has 0 unspecified atom stereocenters. The maximum Gasteiger partial charge on any atom is 0.416 e. The summed E-state index contributed by atoms with van der Waals surface area (Å²) >= 11 is 5.95. The molecule has 3 rings (SSSR count). The summed E-state index contributed by atoms with van der Waals surface area (Å²) < 4.78 is 38.4. The minimum absolute atomic E-state index is 0.0848. The molecule has 0 amide bonds. The highest BCUT2D eigenvalue weighted by Crippen LogP contribution is 2.30. The Hall–Kier alpha value is -3.10. The first-order valence-corrected chi connectivity index (χ1v) is 9.19. The van der Waals surface area contributed by atoms with E-state index in [9.17, 15) is 18.4 Å². The van der Waals surface area contributed by atoms with Crippen LogP contribution in [0.25, 0.3) is 0 Å². The Bertz CT molecular complexity index is 1020. The van der Waals surface area contributed by atoms with Crippen molar-refractivity contribution in [1.29, 1.82) is 5.26 Å². The molecule has 0 saturated carbocycles. The molecular weight excluding hydrogens is 397 g/mol. The molecule has 0 spiro atoms. The van der Waals surface area contributed by atoms with Crippen molar-refractivity contribution >= 4 is 17.3 Å². The SMILES string of the molecule is N#C/C(=N\[C@H](Cc1ccc(Cl)cc1)c1ccccc1)c1ccc(C(F)(F)F)cc1. The van der Waals surface area contributed by atoms with E-state index in [2.05, 4.69) is 4.99 Å². The van der Waals surface area contributed by atoms with Gasteiger partial charge in [-0.1, -0.05) is 66.2 Å². The van der Waals surface area contributed by atoms with Gasteiger partial charge in [0.2, 0.25) is 0 Å². The number of rotatable bonds is 5. The van der Waals surface area contributed by atoms with Gasteiger partial charge >= 0.3 is 6.18 Å². The Morgan fingerprint density at radius 3 is 2.10 bits per heavy atom. The molecule has 29 heavy (non-hydrogen) atoms. The molecule has 0 bridgehead atoms. The molecule has 0 aromatic heterocycles. The third-order valence-corrected chi connectivity index (χ3v) is 4.66. The van der Waals surface area contributed by atoms with Gasteiger partial charge in [0.15, 0.2) is 0 Å². The number of nitrogens with zero attached hydrogens (tertiary/aromatic N) is 2. The third kappa shape index (κ3) is 5.46. The predicted molar refractivity (Wildman–Crippen MR) is 108 cm³/mol. The Labute approximate surface area is 171 Å². The summed E-state index contributed by atoms with van der Waals surface area (Å²) in [4.78, 5) is 4.59. The molecular formula is C23H16ClF3N2. The van der Waals surface area contributed by atoms with Crippen LogP contribution in [-0.4, -0.2) is 5.71 Å². The van der Waals surface area contributed by atoms with E-state index in [0.29, 0.717) is 17.0 Å². The van der Waals surface area contributed by atoms with Gasteiger partial charge in [-0.2, -0.15) is 18.4 Å². The number of nitriles is 1. The quantitative estimate of drug-likeness (QED) is 0.432. The van der Waals surface area contributed by atoms with E-state index >= 15 is 0 Å². The Morgan fingerprint density at radius 1 is 0.931 bits per heavy atom. The second-order valence-corrected chi connectivity index (χ2v) is 6.86. The summed E-state index contributed by atoms with van der Waals surface area (Å²) in [5.74, 6) is 0. The molecule has 6 heteroatoms. The normalized spacial score (nSPS) is 13.0. The summed E-state index contributed by atoms with van der Waals surface area (Å²) in [6.07, 6.45) is -3.91. The highest BCUT2D eigenvalue weighted by Gasteiger charge is 2.30. The van der Waals surface area contributed by atoms with Gasteiger partial charge in [-0.15, -0.1) is 0 Å². The van der Waals surface area contributed by atoms with Gasteiger partial charge in [0, 0.05) is 10.6 Å². The largest absolute Gasteiger partial charge is 0.416 e. The van der Waals surface area contributed by atoms with E-state index in [1.165, 1.54) is 12.1 Å². The number of aliphatic imine (C=N–C) groups is 1. The molecule has 3 aromatic carbocycles. The zero-order valence-electron chi connectivity index (χ0n) is 15.2. The molecule has 0 saturated heterocycles. The lowest BCUT2D eigenvalue weighted by molar-refractivity contribution is -0.137.